The zero-order valence-corrected chi connectivity index (χ0v) is 16.5. The molecule has 29 heavy (non-hydrogen) atoms. The number of rotatable bonds is 6. The maximum absolute atomic E-state index is 13.0. The third-order valence-corrected chi connectivity index (χ3v) is 5.17. The fraction of sp³-hybridized carbons (Fsp3) is 0.444. The van der Waals surface area contributed by atoms with Gasteiger partial charge in [-0.05, 0) is 24.6 Å². The lowest BCUT2D eigenvalue weighted by Gasteiger charge is -2.34. The summed E-state index contributed by atoms with van der Waals surface area (Å²) in [4.78, 5) is 26.6. The van der Waals surface area contributed by atoms with Gasteiger partial charge in [0.1, 0.15) is 12.2 Å². The molecule has 1 aromatic carbocycles. The van der Waals surface area contributed by atoms with Crippen LogP contribution in [0.2, 0.25) is 5.02 Å². The van der Waals surface area contributed by atoms with Gasteiger partial charge in [0, 0.05) is 37.7 Å². The molecule has 1 saturated heterocycles. The number of carbonyl (C=O) groups excluding carboxylic acids is 1. The van der Waals surface area contributed by atoms with E-state index in [0.29, 0.717) is 31.2 Å². The predicted molar refractivity (Wildman–Crippen MR) is 102 cm³/mol. The van der Waals surface area contributed by atoms with Gasteiger partial charge in [-0.25, -0.2) is 8.78 Å². The van der Waals surface area contributed by atoms with Gasteiger partial charge in [-0.1, -0.05) is 23.7 Å². The minimum atomic E-state index is -3.08. The number of hydrogen-bond acceptors (Lipinski definition) is 5. The van der Waals surface area contributed by atoms with Gasteiger partial charge in [0.05, 0.1) is 4.92 Å². The van der Waals surface area contributed by atoms with Crippen molar-refractivity contribution in [3.8, 4) is 0 Å². The average molecular weight is 428 g/mol. The van der Waals surface area contributed by atoms with Crippen LogP contribution in [-0.4, -0.2) is 56.6 Å². The van der Waals surface area contributed by atoms with Crippen LogP contribution in [0, 0.1) is 17.0 Å². The average Bonchev–Trinajstić information content (AvgIpc) is 3.01. The minimum Gasteiger partial charge on any atom is -0.339 e. The van der Waals surface area contributed by atoms with Gasteiger partial charge in [0.2, 0.25) is 11.6 Å². The zero-order chi connectivity index (χ0) is 21.1. The number of nitrogens with zero attached hydrogens (tertiary/aromatic N) is 5. The number of amides is 1. The quantitative estimate of drug-likeness (QED) is 0.522. The van der Waals surface area contributed by atoms with Crippen LogP contribution in [0.1, 0.15) is 23.4 Å². The Bertz CT molecular complexity index is 896. The zero-order valence-electron chi connectivity index (χ0n) is 15.7. The first-order chi connectivity index (χ1) is 13.8. The van der Waals surface area contributed by atoms with E-state index in [1.54, 1.807) is 4.90 Å². The molecule has 8 nitrogen and oxygen atoms in total. The van der Waals surface area contributed by atoms with Gasteiger partial charge in [0.25, 0.3) is 6.43 Å². The second kappa shape index (κ2) is 8.83. The molecule has 0 N–H and O–H groups in total. The van der Waals surface area contributed by atoms with Crippen molar-refractivity contribution in [3.05, 3.63) is 56.4 Å². The summed E-state index contributed by atoms with van der Waals surface area (Å²) < 4.78 is 27.0. The standard InChI is InChI=1S/C18H20ClF2N5O3/c1-12-17(26(28)29)16(18(20)21)22-25(12)11-15(27)24-8-6-23(7-9-24)10-13-2-4-14(19)5-3-13/h2-5,18H,6-11H2,1H3. The summed E-state index contributed by atoms with van der Waals surface area (Å²) in [6.07, 6.45) is -3.08. The molecular weight excluding hydrogens is 408 g/mol. The number of aromatic nitrogens is 2. The molecule has 11 heteroatoms. The lowest BCUT2D eigenvalue weighted by molar-refractivity contribution is -0.386. The van der Waals surface area contributed by atoms with E-state index < -0.39 is 22.7 Å². The van der Waals surface area contributed by atoms with Crippen molar-refractivity contribution in [1.29, 1.82) is 0 Å². The fourth-order valence-corrected chi connectivity index (χ4v) is 3.44. The Labute approximate surface area is 170 Å². The number of alkyl halides is 2. The third-order valence-electron chi connectivity index (χ3n) is 4.92. The molecule has 1 aliphatic rings. The molecule has 0 spiro atoms. The first kappa shape index (κ1) is 21.1. The van der Waals surface area contributed by atoms with Crippen LogP contribution in [0.25, 0.3) is 0 Å². The van der Waals surface area contributed by atoms with Crippen molar-refractivity contribution in [3.63, 3.8) is 0 Å². The van der Waals surface area contributed by atoms with E-state index >= 15 is 0 Å². The molecule has 1 aliphatic heterocycles. The van der Waals surface area contributed by atoms with E-state index in [-0.39, 0.29) is 18.1 Å². The molecule has 1 amide bonds. The number of hydrogen-bond donors (Lipinski definition) is 0. The Morgan fingerprint density at radius 1 is 1.24 bits per heavy atom. The molecule has 0 radical (unpaired) electrons. The molecule has 2 heterocycles. The lowest BCUT2D eigenvalue weighted by atomic mass is 10.2. The summed E-state index contributed by atoms with van der Waals surface area (Å²) in [6.45, 7) is 4.03. The summed E-state index contributed by atoms with van der Waals surface area (Å²) in [5, 5.41) is 15.3. The molecule has 3 rings (SSSR count). The Kier molecular flexibility index (Phi) is 6.43. The molecule has 0 atom stereocenters. The minimum absolute atomic E-state index is 0.0555. The lowest BCUT2D eigenvalue weighted by Crippen LogP contribution is -2.49. The van der Waals surface area contributed by atoms with Crippen molar-refractivity contribution >= 4 is 23.2 Å². The Morgan fingerprint density at radius 2 is 1.86 bits per heavy atom. The Balaban J connectivity index is 1.59. The van der Waals surface area contributed by atoms with Crippen molar-refractivity contribution in [2.45, 2.75) is 26.4 Å². The highest BCUT2D eigenvalue weighted by atomic mass is 35.5. The summed E-state index contributed by atoms with van der Waals surface area (Å²) in [6, 6.07) is 7.56. The first-order valence-corrected chi connectivity index (χ1v) is 9.38. The summed E-state index contributed by atoms with van der Waals surface area (Å²) in [7, 11) is 0. The second-order valence-electron chi connectivity index (χ2n) is 6.82. The van der Waals surface area contributed by atoms with E-state index in [1.165, 1.54) is 6.92 Å². The smallest absolute Gasteiger partial charge is 0.319 e. The number of benzene rings is 1. The second-order valence-corrected chi connectivity index (χ2v) is 7.25. The number of nitro groups is 1. The fourth-order valence-electron chi connectivity index (χ4n) is 3.32. The molecular formula is C18H20ClF2N5O3. The Morgan fingerprint density at radius 3 is 2.38 bits per heavy atom. The van der Waals surface area contributed by atoms with Crippen molar-refractivity contribution < 1.29 is 18.5 Å². The highest BCUT2D eigenvalue weighted by Crippen LogP contribution is 2.30. The molecule has 156 valence electrons. The van der Waals surface area contributed by atoms with E-state index in [1.807, 2.05) is 24.3 Å². The SMILES string of the molecule is Cc1c([N+](=O)[O-])c(C(F)F)nn1CC(=O)N1CCN(Cc2ccc(Cl)cc2)CC1. The maximum Gasteiger partial charge on any atom is 0.319 e. The highest BCUT2D eigenvalue weighted by molar-refractivity contribution is 6.30. The topological polar surface area (TPSA) is 84.5 Å². The number of halogens is 3. The summed E-state index contributed by atoms with van der Waals surface area (Å²) >= 11 is 5.89. The normalized spacial score (nSPS) is 15.1. The molecule has 0 saturated carbocycles. The van der Waals surface area contributed by atoms with Gasteiger partial charge in [-0.15, -0.1) is 0 Å². The first-order valence-electron chi connectivity index (χ1n) is 9.00. The molecule has 1 aromatic heterocycles. The van der Waals surface area contributed by atoms with Gasteiger partial charge in [-0.2, -0.15) is 5.10 Å². The maximum atomic E-state index is 13.0. The van der Waals surface area contributed by atoms with Crippen molar-refractivity contribution in [2.24, 2.45) is 0 Å². The van der Waals surface area contributed by atoms with Gasteiger partial charge in [-0.3, -0.25) is 24.5 Å². The largest absolute Gasteiger partial charge is 0.339 e. The van der Waals surface area contributed by atoms with Crippen LogP contribution in [0.5, 0.6) is 0 Å². The van der Waals surface area contributed by atoms with E-state index in [0.717, 1.165) is 16.8 Å². The summed E-state index contributed by atoms with van der Waals surface area (Å²) in [5.41, 5.74) is -0.582. The molecule has 0 aliphatic carbocycles. The molecule has 0 bridgehead atoms. The van der Waals surface area contributed by atoms with Crippen LogP contribution in [0.3, 0.4) is 0 Å². The number of carbonyl (C=O) groups is 1. The monoisotopic (exact) mass is 427 g/mol. The van der Waals surface area contributed by atoms with Crippen LogP contribution >= 0.6 is 11.6 Å². The van der Waals surface area contributed by atoms with Crippen LogP contribution < -0.4 is 0 Å². The summed E-state index contributed by atoms with van der Waals surface area (Å²) in [5.74, 6) is -0.308. The van der Waals surface area contributed by atoms with Crippen LogP contribution in [0.4, 0.5) is 14.5 Å². The van der Waals surface area contributed by atoms with Gasteiger partial charge < -0.3 is 4.90 Å². The van der Waals surface area contributed by atoms with Gasteiger partial charge >= 0.3 is 5.69 Å². The molecule has 0 unspecified atom stereocenters. The highest BCUT2D eigenvalue weighted by Gasteiger charge is 2.32. The van der Waals surface area contributed by atoms with E-state index in [4.69, 9.17) is 11.6 Å². The molecule has 1 fully saturated rings. The van der Waals surface area contributed by atoms with Crippen molar-refractivity contribution in [2.75, 3.05) is 26.2 Å². The van der Waals surface area contributed by atoms with Gasteiger partial charge in [0.15, 0.2) is 0 Å². The third kappa shape index (κ3) is 4.88. The van der Waals surface area contributed by atoms with Crippen molar-refractivity contribution in [1.82, 2.24) is 19.6 Å². The van der Waals surface area contributed by atoms with Crippen LogP contribution in [0.15, 0.2) is 24.3 Å². The van der Waals surface area contributed by atoms with Crippen LogP contribution in [-0.2, 0) is 17.9 Å². The van der Waals surface area contributed by atoms with E-state index in [9.17, 15) is 23.7 Å². The van der Waals surface area contributed by atoms with E-state index in [2.05, 4.69) is 10.00 Å². The predicted octanol–water partition coefficient (Wildman–Crippen LogP) is 3.04. The Hall–Kier alpha value is -2.59. The molecule has 2 aromatic rings. The number of piperazine rings is 1.